The highest BCUT2D eigenvalue weighted by Crippen LogP contribution is 2.35. The van der Waals surface area contributed by atoms with Gasteiger partial charge in [0.25, 0.3) is 11.8 Å². The first-order valence-corrected chi connectivity index (χ1v) is 13.2. The van der Waals surface area contributed by atoms with Crippen LogP contribution in [0, 0.1) is 6.92 Å². The van der Waals surface area contributed by atoms with Crippen LogP contribution < -0.4 is 32.4 Å². The molecule has 2 amide bonds. The SMILES string of the molecule is Cc1ccc(C(=O)NC[C@@H]2N=C(N)N3CC(NC(=O)c4cccc5c4CCCC5)[C@@H](O)C34NC(N)=[NH+][C@@H]24)nn1. The number of aliphatic imine (C=N–C) groups is 1. The van der Waals surface area contributed by atoms with Crippen molar-refractivity contribution in [1.82, 2.24) is 31.0 Å². The van der Waals surface area contributed by atoms with Gasteiger partial charge in [-0.25, -0.2) is 10.3 Å². The van der Waals surface area contributed by atoms with Crippen molar-refractivity contribution < 1.29 is 19.7 Å². The van der Waals surface area contributed by atoms with E-state index in [-0.39, 0.29) is 36.6 Å². The van der Waals surface area contributed by atoms with Crippen LogP contribution in [0.15, 0.2) is 35.3 Å². The number of aryl methyl sites for hydroxylation is 2. The molecule has 39 heavy (non-hydrogen) atoms. The number of guanidine groups is 2. The molecule has 3 aliphatic heterocycles. The lowest BCUT2D eigenvalue weighted by Crippen LogP contribution is -2.88. The van der Waals surface area contributed by atoms with Gasteiger partial charge in [-0.15, -0.1) is 5.10 Å². The summed E-state index contributed by atoms with van der Waals surface area (Å²) in [5.74, 6) is -0.206. The van der Waals surface area contributed by atoms with Crippen molar-refractivity contribution in [2.75, 3.05) is 13.1 Å². The van der Waals surface area contributed by atoms with Crippen LogP contribution in [-0.4, -0.2) is 86.9 Å². The molecule has 1 aliphatic carbocycles. The second kappa shape index (κ2) is 9.49. The van der Waals surface area contributed by atoms with Crippen molar-refractivity contribution in [3.8, 4) is 0 Å². The van der Waals surface area contributed by atoms with E-state index >= 15 is 0 Å². The standard InChI is InChI=1S/C26H32N10O3/c1-13-9-10-17(35-34-13)23(39)29-11-18-20-26(33-24(27)32-20)21(37)19(12-36(26)25(28)31-18)30-22(38)16-8-4-6-14-5-2-3-7-15(14)16/h4,6,8-10,18-21,37H,2-3,5,7,11-12H2,1H3,(H2,28,31)(H,29,39)(H,30,38)(H3,27,32,33)/p+1/t18-,19?,20-,21+,26?/m0/s1. The van der Waals surface area contributed by atoms with Crippen LogP contribution in [0.5, 0.6) is 0 Å². The monoisotopic (exact) mass is 533 g/mol. The number of hydrogen-bond acceptors (Lipinski definition) is 10. The van der Waals surface area contributed by atoms with Crippen molar-refractivity contribution in [3.63, 3.8) is 0 Å². The van der Waals surface area contributed by atoms with Crippen LogP contribution in [-0.2, 0) is 12.8 Å². The fourth-order valence-electron chi connectivity index (χ4n) is 6.34. The minimum Gasteiger partial charge on any atom is -0.385 e. The minimum absolute atomic E-state index is 0.108. The van der Waals surface area contributed by atoms with E-state index in [1.807, 2.05) is 12.1 Å². The maximum atomic E-state index is 13.4. The predicted octanol–water partition coefficient (Wildman–Crippen LogP) is -3.37. The van der Waals surface area contributed by atoms with Crippen molar-refractivity contribution >= 4 is 23.7 Å². The largest absolute Gasteiger partial charge is 0.385 e. The second-order valence-corrected chi connectivity index (χ2v) is 10.6. The van der Waals surface area contributed by atoms with Crippen LogP contribution in [0.2, 0.25) is 0 Å². The van der Waals surface area contributed by atoms with Gasteiger partial charge < -0.3 is 26.4 Å². The average molecular weight is 534 g/mol. The zero-order valence-electron chi connectivity index (χ0n) is 21.6. The molecule has 204 valence electrons. The van der Waals surface area contributed by atoms with Gasteiger partial charge in [-0.05, 0) is 61.9 Å². The molecular formula is C26H33N10O3+. The molecule has 1 saturated heterocycles. The van der Waals surface area contributed by atoms with E-state index in [0.717, 1.165) is 31.2 Å². The third-order valence-electron chi connectivity index (χ3n) is 8.20. The number of nitrogens with one attached hydrogen (secondary N) is 4. The van der Waals surface area contributed by atoms with E-state index in [1.165, 1.54) is 5.56 Å². The summed E-state index contributed by atoms with van der Waals surface area (Å²) in [6, 6.07) is 7.36. The highest BCUT2D eigenvalue weighted by molar-refractivity contribution is 5.96. The van der Waals surface area contributed by atoms with E-state index in [9.17, 15) is 14.7 Å². The molecule has 2 aromatic rings. The third kappa shape index (κ3) is 4.13. The van der Waals surface area contributed by atoms with Gasteiger partial charge in [-0.1, -0.05) is 12.1 Å². The maximum absolute atomic E-state index is 13.4. The van der Waals surface area contributed by atoms with Crippen LogP contribution in [0.3, 0.4) is 0 Å². The Morgan fingerprint density at radius 2 is 2.00 bits per heavy atom. The van der Waals surface area contributed by atoms with Gasteiger partial charge in [-0.2, -0.15) is 5.10 Å². The molecular weight excluding hydrogens is 500 g/mol. The summed E-state index contributed by atoms with van der Waals surface area (Å²) in [4.78, 5) is 35.6. The molecule has 4 aliphatic rings. The van der Waals surface area contributed by atoms with Crippen molar-refractivity contribution in [1.29, 1.82) is 0 Å². The Labute approximate surface area is 225 Å². The van der Waals surface area contributed by atoms with Gasteiger partial charge in [0.15, 0.2) is 17.7 Å². The molecule has 9 N–H and O–H groups in total. The van der Waals surface area contributed by atoms with E-state index in [4.69, 9.17) is 11.5 Å². The molecule has 2 unspecified atom stereocenters. The van der Waals surface area contributed by atoms with Gasteiger partial charge >= 0.3 is 5.96 Å². The molecule has 4 heterocycles. The molecule has 5 atom stereocenters. The number of aliphatic hydroxyl groups is 1. The first-order chi connectivity index (χ1) is 18.8. The molecule has 1 spiro atoms. The van der Waals surface area contributed by atoms with Crippen molar-refractivity contribution in [2.24, 2.45) is 16.5 Å². The number of benzene rings is 1. The summed E-state index contributed by atoms with van der Waals surface area (Å²) in [6.45, 7) is 2.13. The number of nitrogens with zero attached hydrogens (tertiary/aromatic N) is 4. The first kappa shape index (κ1) is 25.0. The second-order valence-electron chi connectivity index (χ2n) is 10.6. The number of aromatic nitrogens is 2. The number of amides is 2. The lowest BCUT2D eigenvalue weighted by atomic mass is 9.87. The Morgan fingerprint density at radius 1 is 1.18 bits per heavy atom. The molecule has 6 rings (SSSR count). The Kier molecular flexibility index (Phi) is 6.09. The molecule has 1 aromatic carbocycles. The Hall–Kier alpha value is -4.26. The lowest BCUT2D eigenvalue weighted by molar-refractivity contribution is -0.513. The van der Waals surface area contributed by atoms with Crippen LogP contribution >= 0.6 is 0 Å². The van der Waals surface area contributed by atoms with Crippen LogP contribution in [0.4, 0.5) is 0 Å². The zero-order chi connectivity index (χ0) is 27.3. The van der Waals surface area contributed by atoms with E-state index in [2.05, 4.69) is 42.2 Å². The Bertz CT molecular complexity index is 1380. The van der Waals surface area contributed by atoms with E-state index < -0.39 is 35.8 Å². The van der Waals surface area contributed by atoms with Gasteiger partial charge in [0, 0.05) is 18.7 Å². The molecule has 0 radical (unpaired) electrons. The smallest absolute Gasteiger partial charge is 0.343 e. The number of carbonyl (C=O) groups is 2. The van der Waals surface area contributed by atoms with Gasteiger partial charge in [-0.3, -0.25) is 20.3 Å². The summed E-state index contributed by atoms with van der Waals surface area (Å²) < 4.78 is 0. The molecule has 13 nitrogen and oxygen atoms in total. The maximum Gasteiger partial charge on any atom is 0.343 e. The number of nitrogens with two attached hydrogens (primary N) is 2. The summed E-state index contributed by atoms with van der Waals surface area (Å²) in [7, 11) is 0. The molecule has 13 heteroatoms. The number of fused-ring (bicyclic) bond motifs is 1. The number of rotatable bonds is 5. The van der Waals surface area contributed by atoms with Crippen LogP contribution in [0.1, 0.15) is 50.5 Å². The minimum atomic E-state index is -1.16. The van der Waals surface area contributed by atoms with Gasteiger partial charge in [0.05, 0.1) is 11.7 Å². The molecule has 0 saturated carbocycles. The number of aliphatic hydroxyl groups excluding tert-OH is 1. The van der Waals surface area contributed by atoms with Crippen molar-refractivity contribution in [2.45, 2.75) is 62.5 Å². The van der Waals surface area contributed by atoms with Crippen LogP contribution in [0.25, 0.3) is 0 Å². The normalized spacial score (nSPS) is 28.8. The fourth-order valence-corrected chi connectivity index (χ4v) is 6.34. The average Bonchev–Trinajstić information content (AvgIpc) is 3.43. The van der Waals surface area contributed by atoms with E-state index in [1.54, 1.807) is 24.0 Å². The van der Waals surface area contributed by atoms with E-state index in [0.29, 0.717) is 11.3 Å². The number of carbonyl (C=O) groups excluding carboxylic acids is 2. The quantitative estimate of drug-likeness (QED) is 0.205. The fraction of sp³-hybridized carbons (Fsp3) is 0.462. The summed E-state index contributed by atoms with van der Waals surface area (Å²) >= 11 is 0. The topological polar surface area (TPSA) is 198 Å². The molecule has 1 fully saturated rings. The Balaban J connectivity index is 1.22. The van der Waals surface area contributed by atoms with Crippen molar-refractivity contribution in [3.05, 3.63) is 58.4 Å². The highest BCUT2D eigenvalue weighted by atomic mass is 16.3. The first-order valence-electron chi connectivity index (χ1n) is 13.2. The lowest BCUT2D eigenvalue weighted by Gasteiger charge is -2.43. The summed E-state index contributed by atoms with van der Waals surface area (Å²) in [5.41, 5.74) is 15.2. The van der Waals surface area contributed by atoms with Gasteiger partial charge in [0.2, 0.25) is 5.66 Å². The zero-order valence-corrected chi connectivity index (χ0v) is 21.6. The van der Waals surface area contributed by atoms with Gasteiger partial charge in [0.1, 0.15) is 12.1 Å². The molecule has 1 aromatic heterocycles. The molecule has 0 bridgehead atoms. The highest BCUT2D eigenvalue weighted by Gasteiger charge is 2.68. The Morgan fingerprint density at radius 3 is 2.79 bits per heavy atom. The third-order valence-corrected chi connectivity index (χ3v) is 8.20. The number of hydrogen-bond donors (Lipinski definition) is 7. The summed E-state index contributed by atoms with van der Waals surface area (Å²) in [6.07, 6.45) is 2.91. The summed E-state index contributed by atoms with van der Waals surface area (Å²) in [5, 5.41) is 28.6. The predicted molar refractivity (Wildman–Crippen MR) is 141 cm³/mol.